The Labute approximate surface area is 105 Å². The maximum absolute atomic E-state index is 10.6. The molecule has 3 nitrogen and oxygen atoms in total. The highest BCUT2D eigenvalue weighted by molar-refractivity contribution is 5.81. The number of hydrogen-bond donors (Lipinski definition) is 0. The highest BCUT2D eigenvalue weighted by atomic mass is 16.1. The van der Waals surface area contributed by atoms with Crippen molar-refractivity contribution < 1.29 is 4.79 Å². The van der Waals surface area contributed by atoms with Crippen LogP contribution in [0.5, 0.6) is 0 Å². The van der Waals surface area contributed by atoms with Crippen LogP contribution in [0.3, 0.4) is 0 Å². The Bertz CT molecular complexity index is 711. The summed E-state index contributed by atoms with van der Waals surface area (Å²) in [4.78, 5) is 15.3. The summed E-state index contributed by atoms with van der Waals surface area (Å²) in [5, 5.41) is 0. The molecule has 0 fully saturated rings. The van der Waals surface area contributed by atoms with Crippen molar-refractivity contribution in [2.75, 3.05) is 0 Å². The van der Waals surface area contributed by atoms with Gasteiger partial charge in [-0.15, -0.1) is 0 Å². The van der Waals surface area contributed by atoms with E-state index in [4.69, 9.17) is 0 Å². The largest absolute Gasteiger partial charge is 0.327 e. The first-order chi connectivity index (χ1) is 8.79. The van der Waals surface area contributed by atoms with Gasteiger partial charge >= 0.3 is 0 Å². The van der Waals surface area contributed by atoms with E-state index in [9.17, 15) is 4.79 Å². The van der Waals surface area contributed by atoms with Crippen molar-refractivity contribution >= 4 is 17.3 Å². The molecule has 0 bridgehead atoms. The van der Waals surface area contributed by atoms with Gasteiger partial charge in [0.2, 0.25) is 0 Å². The first-order valence-electron chi connectivity index (χ1n) is 5.76. The zero-order valence-corrected chi connectivity index (χ0v) is 10.00. The number of hydrogen-bond acceptors (Lipinski definition) is 2. The number of aldehydes is 1. The van der Waals surface area contributed by atoms with Crippen molar-refractivity contribution in [2.45, 2.75) is 0 Å². The van der Waals surface area contributed by atoms with Gasteiger partial charge in [0.25, 0.3) is 0 Å². The second-order valence-electron chi connectivity index (χ2n) is 4.22. The molecule has 0 saturated heterocycles. The van der Waals surface area contributed by atoms with Crippen molar-refractivity contribution in [1.29, 1.82) is 0 Å². The molecule has 0 saturated carbocycles. The van der Waals surface area contributed by atoms with Crippen LogP contribution in [0.15, 0.2) is 48.5 Å². The van der Waals surface area contributed by atoms with Gasteiger partial charge in [0.05, 0.1) is 11.0 Å². The van der Waals surface area contributed by atoms with E-state index in [-0.39, 0.29) is 0 Å². The predicted molar refractivity (Wildman–Crippen MR) is 71.5 cm³/mol. The average Bonchev–Trinajstić information content (AvgIpc) is 2.77. The van der Waals surface area contributed by atoms with Crippen LogP contribution in [0, 0.1) is 0 Å². The van der Waals surface area contributed by atoms with Gasteiger partial charge in [-0.2, -0.15) is 0 Å². The lowest BCUT2D eigenvalue weighted by Gasteiger charge is -2.02. The van der Waals surface area contributed by atoms with Gasteiger partial charge < -0.3 is 4.57 Å². The zero-order chi connectivity index (χ0) is 12.5. The van der Waals surface area contributed by atoms with Gasteiger partial charge in [0, 0.05) is 18.2 Å². The number of aromatic nitrogens is 2. The molecule has 0 atom stereocenters. The van der Waals surface area contributed by atoms with E-state index in [1.807, 2.05) is 55.6 Å². The molecule has 3 aromatic rings. The summed E-state index contributed by atoms with van der Waals surface area (Å²) < 4.78 is 2.06. The Morgan fingerprint density at radius 2 is 1.78 bits per heavy atom. The van der Waals surface area contributed by atoms with Crippen LogP contribution in [0.1, 0.15) is 10.4 Å². The molecule has 18 heavy (non-hydrogen) atoms. The maximum Gasteiger partial charge on any atom is 0.150 e. The lowest BCUT2D eigenvalue weighted by Crippen LogP contribution is -1.92. The summed E-state index contributed by atoms with van der Waals surface area (Å²) in [5.74, 6) is 0.911. The molecular formula is C15H12N2O. The first kappa shape index (κ1) is 10.7. The van der Waals surface area contributed by atoms with Gasteiger partial charge in [-0.05, 0) is 12.1 Å². The summed E-state index contributed by atoms with van der Waals surface area (Å²) in [6, 6.07) is 15.5. The van der Waals surface area contributed by atoms with E-state index >= 15 is 0 Å². The van der Waals surface area contributed by atoms with Crippen LogP contribution in [0.4, 0.5) is 0 Å². The van der Waals surface area contributed by atoms with Crippen LogP contribution in [-0.2, 0) is 7.05 Å². The molecule has 0 radical (unpaired) electrons. The molecule has 0 aliphatic rings. The van der Waals surface area contributed by atoms with Crippen molar-refractivity contribution in [1.82, 2.24) is 9.55 Å². The number of benzene rings is 2. The Morgan fingerprint density at radius 3 is 2.44 bits per heavy atom. The standard InChI is InChI=1S/C15H12N2O/c1-17-14-5-3-2-4-13(14)16-15(17)12-8-6-11(10-18)7-9-12/h2-10H,1H3. The summed E-state index contributed by atoms with van der Waals surface area (Å²) in [5.41, 5.74) is 3.78. The Balaban J connectivity index is 2.18. The molecule has 0 aliphatic heterocycles. The topological polar surface area (TPSA) is 34.9 Å². The molecule has 0 unspecified atom stereocenters. The SMILES string of the molecule is Cn1c(-c2ccc(C=O)cc2)nc2ccccc21. The number of carbonyl (C=O) groups is 1. The quantitative estimate of drug-likeness (QED) is 0.641. The third-order valence-electron chi connectivity index (χ3n) is 3.09. The molecule has 0 amide bonds. The van der Waals surface area contributed by atoms with Crippen LogP contribution < -0.4 is 0 Å². The smallest absolute Gasteiger partial charge is 0.150 e. The lowest BCUT2D eigenvalue weighted by molar-refractivity contribution is 0.112. The predicted octanol–water partition coefficient (Wildman–Crippen LogP) is 3.05. The molecular weight excluding hydrogens is 224 g/mol. The van der Waals surface area contributed by atoms with E-state index in [1.54, 1.807) is 0 Å². The lowest BCUT2D eigenvalue weighted by atomic mass is 10.1. The van der Waals surface area contributed by atoms with E-state index in [0.29, 0.717) is 5.56 Å². The second-order valence-corrected chi connectivity index (χ2v) is 4.22. The molecule has 0 aliphatic carbocycles. The Kier molecular flexibility index (Phi) is 2.45. The van der Waals surface area contributed by atoms with Crippen LogP contribution in [0.25, 0.3) is 22.4 Å². The van der Waals surface area contributed by atoms with Gasteiger partial charge in [-0.3, -0.25) is 4.79 Å². The Morgan fingerprint density at radius 1 is 1.06 bits per heavy atom. The maximum atomic E-state index is 10.6. The minimum absolute atomic E-state index is 0.678. The molecule has 0 spiro atoms. The monoisotopic (exact) mass is 236 g/mol. The van der Waals surface area contributed by atoms with Crippen LogP contribution >= 0.6 is 0 Å². The van der Waals surface area contributed by atoms with E-state index in [2.05, 4.69) is 9.55 Å². The fraction of sp³-hybridized carbons (Fsp3) is 0.0667. The van der Waals surface area contributed by atoms with Gasteiger partial charge in [0.15, 0.2) is 0 Å². The average molecular weight is 236 g/mol. The van der Waals surface area contributed by atoms with Gasteiger partial charge in [0.1, 0.15) is 12.1 Å². The van der Waals surface area contributed by atoms with Crippen molar-refractivity contribution in [3.8, 4) is 11.4 Å². The molecule has 2 aromatic carbocycles. The molecule has 3 rings (SSSR count). The Hall–Kier alpha value is -2.42. The minimum atomic E-state index is 0.678. The summed E-state index contributed by atoms with van der Waals surface area (Å²) in [6.07, 6.45) is 0.846. The van der Waals surface area contributed by atoms with E-state index in [0.717, 1.165) is 28.7 Å². The van der Waals surface area contributed by atoms with Crippen LogP contribution in [-0.4, -0.2) is 15.8 Å². The number of fused-ring (bicyclic) bond motifs is 1. The molecule has 3 heteroatoms. The highest BCUT2D eigenvalue weighted by Gasteiger charge is 2.08. The fourth-order valence-electron chi connectivity index (χ4n) is 2.11. The summed E-state index contributed by atoms with van der Waals surface area (Å²) in [6.45, 7) is 0. The summed E-state index contributed by atoms with van der Waals surface area (Å²) >= 11 is 0. The van der Waals surface area contributed by atoms with Crippen molar-refractivity contribution in [2.24, 2.45) is 7.05 Å². The third-order valence-corrected chi connectivity index (χ3v) is 3.09. The van der Waals surface area contributed by atoms with E-state index in [1.165, 1.54) is 0 Å². The molecule has 0 N–H and O–H groups in total. The number of nitrogens with zero attached hydrogens (tertiary/aromatic N) is 2. The van der Waals surface area contributed by atoms with Gasteiger partial charge in [-0.25, -0.2) is 4.98 Å². The van der Waals surface area contributed by atoms with Gasteiger partial charge in [-0.1, -0.05) is 36.4 Å². The highest BCUT2D eigenvalue weighted by Crippen LogP contribution is 2.23. The van der Waals surface area contributed by atoms with E-state index < -0.39 is 0 Å². The second kappa shape index (κ2) is 4.11. The number of rotatable bonds is 2. The first-order valence-corrected chi connectivity index (χ1v) is 5.76. The summed E-state index contributed by atoms with van der Waals surface area (Å²) in [7, 11) is 2.00. The number of carbonyl (C=O) groups excluding carboxylic acids is 1. The zero-order valence-electron chi connectivity index (χ0n) is 10.00. The molecule has 1 aromatic heterocycles. The number of aryl methyl sites for hydroxylation is 1. The third kappa shape index (κ3) is 1.61. The fourth-order valence-corrected chi connectivity index (χ4v) is 2.11. The molecule has 88 valence electrons. The number of para-hydroxylation sites is 2. The van der Waals surface area contributed by atoms with Crippen LogP contribution in [0.2, 0.25) is 0 Å². The van der Waals surface area contributed by atoms with Crippen molar-refractivity contribution in [3.05, 3.63) is 54.1 Å². The normalized spacial score (nSPS) is 10.7. The minimum Gasteiger partial charge on any atom is -0.327 e. The van der Waals surface area contributed by atoms with Crippen molar-refractivity contribution in [3.63, 3.8) is 0 Å². The number of imidazole rings is 1. The molecule has 1 heterocycles.